The Morgan fingerprint density at radius 3 is 2.70 bits per heavy atom. The van der Waals surface area contributed by atoms with E-state index in [0.717, 1.165) is 42.8 Å². The van der Waals surface area contributed by atoms with E-state index in [1.54, 1.807) is 18.0 Å². The van der Waals surface area contributed by atoms with E-state index in [4.69, 9.17) is 21.7 Å². The van der Waals surface area contributed by atoms with Gasteiger partial charge in [-0.1, -0.05) is 39.5 Å². The SMILES string of the molecule is CCCCCCOc1ccc(/C=N/n2c(CCCC)n[nH]c2=S)cc1OC. The van der Waals surface area contributed by atoms with Gasteiger partial charge >= 0.3 is 0 Å². The third-order valence-corrected chi connectivity index (χ3v) is 4.50. The third-order valence-electron chi connectivity index (χ3n) is 4.24. The number of unbranched alkanes of at least 4 members (excludes halogenated alkanes) is 4. The third kappa shape index (κ3) is 6.50. The molecule has 0 atom stereocenters. The van der Waals surface area contributed by atoms with E-state index in [0.29, 0.717) is 17.1 Å². The van der Waals surface area contributed by atoms with Crippen molar-refractivity contribution in [2.24, 2.45) is 5.10 Å². The molecule has 0 aliphatic rings. The highest BCUT2D eigenvalue weighted by Gasteiger charge is 2.07. The zero-order valence-corrected chi connectivity index (χ0v) is 17.3. The van der Waals surface area contributed by atoms with Crippen molar-refractivity contribution in [2.45, 2.75) is 58.8 Å². The molecule has 27 heavy (non-hydrogen) atoms. The predicted octanol–water partition coefficient (Wildman–Crippen LogP) is 5.13. The van der Waals surface area contributed by atoms with Crippen LogP contribution in [0.25, 0.3) is 0 Å². The van der Waals surface area contributed by atoms with Crippen LogP contribution in [0.3, 0.4) is 0 Å². The summed E-state index contributed by atoms with van der Waals surface area (Å²) in [5.41, 5.74) is 0.912. The fourth-order valence-electron chi connectivity index (χ4n) is 2.66. The molecular formula is C20H30N4O2S. The van der Waals surface area contributed by atoms with Crippen LogP contribution in [0.15, 0.2) is 23.3 Å². The zero-order chi connectivity index (χ0) is 19.5. The van der Waals surface area contributed by atoms with Gasteiger partial charge in [0.15, 0.2) is 17.3 Å². The molecule has 1 aromatic heterocycles. The lowest BCUT2D eigenvalue weighted by atomic mass is 10.2. The Morgan fingerprint density at radius 2 is 1.96 bits per heavy atom. The molecule has 6 nitrogen and oxygen atoms in total. The molecule has 0 unspecified atom stereocenters. The molecule has 2 rings (SSSR count). The van der Waals surface area contributed by atoms with E-state index >= 15 is 0 Å². The molecule has 7 heteroatoms. The Bertz CT molecular complexity index is 783. The van der Waals surface area contributed by atoms with Crippen molar-refractivity contribution < 1.29 is 9.47 Å². The number of nitrogens with zero attached hydrogens (tertiary/aromatic N) is 3. The van der Waals surface area contributed by atoms with Gasteiger partial charge in [0.05, 0.1) is 19.9 Å². The minimum atomic E-state index is 0.497. The number of hydrogen-bond acceptors (Lipinski definition) is 5. The summed E-state index contributed by atoms with van der Waals surface area (Å²) in [6.45, 7) is 5.05. The molecular weight excluding hydrogens is 360 g/mol. The lowest BCUT2D eigenvalue weighted by Gasteiger charge is -2.11. The maximum absolute atomic E-state index is 5.86. The summed E-state index contributed by atoms with van der Waals surface area (Å²) in [4.78, 5) is 0. The van der Waals surface area contributed by atoms with Crippen LogP contribution >= 0.6 is 12.2 Å². The van der Waals surface area contributed by atoms with Gasteiger partial charge in [-0.05, 0) is 48.8 Å². The molecule has 1 aromatic carbocycles. The maximum Gasteiger partial charge on any atom is 0.216 e. The second kappa shape index (κ2) is 11.5. The number of aryl methyl sites for hydroxylation is 1. The predicted molar refractivity (Wildman–Crippen MR) is 112 cm³/mol. The van der Waals surface area contributed by atoms with Crippen LogP contribution in [-0.2, 0) is 6.42 Å². The van der Waals surface area contributed by atoms with Gasteiger partial charge in [-0.15, -0.1) is 0 Å². The van der Waals surface area contributed by atoms with Crippen molar-refractivity contribution in [2.75, 3.05) is 13.7 Å². The maximum atomic E-state index is 5.86. The van der Waals surface area contributed by atoms with E-state index in [9.17, 15) is 0 Å². The van der Waals surface area contributed by atoms with Gasteiger partial charge in [0, 0.05) is 6.42 Å². The van der Waals surface area contributed by atoms with Crippen LogP contribution in [0, 0.1) is 4.77 Å². The minimum Gasteiger partial charge on any atom is -0.493 e. The first-order valence-electron chi connectivity index (χ1n) is 9.71. The molecule has 0 bridgehead atoms. The van der Waals surface area contributed by atoms with E-state index in [-0.39, 0.29) is 0 Å². The van der Waals surface area contributed by atoms with E-state index in [2.05, 4.69) is 29.1 Å². The molecule has 1 N–H and O–H groups in total. The first kappa shape index (κ1) is 21.2. The molecule has 0 spiro atoms. The second-order valence-electron chi connectivity index (χ2n) is 6.42. The average Bonchev–Trinajstić information content (AvgIpc) is 3.04. The van der Waals surface area contributed by atoms with E-state index < -0.39 is 0 Å². The first-order valence-corrected chi connectivity index (χ1v) is 10.1. The summed E-state index contributed by atoms with van der Waals surface area (Å²) < 4.78 is 13.5. The number of H-pyrrole nitrogens is 1. The fraction of sp³-hybridized carbons (Fsp3) is 0.550. The molecule has 0 amide bonds. The quantitative estimate of drug-likeness (QED) is 0.310. The topological polar surface area (TPSA) is 64.4 Å². The number of aromatic nitrogens is 3. The van der Waals surface area contributed by atoms with Gasteiger partial charge in [-0.3, -0.25) is 5.10 Å². The molecule has 1 heterocycles. The van der Waals surface area contributed by atoms with Gasteiger partial charge in [-0.25, -0.2) is 0 Å². The Balaban J connectivity index is 2.06. The number of methoxy groups -OCH3 is 1. The molecule has 2 aromatic rings. The summed E-state index contributed by atoms with van der Waals surface area (Å²) in [5.74, 6) is 2.31. The standard InChI is InChI=1S/C20H30N4O2S/c1-4-6-8-9-13-26-17-12-11-16(14-18(17)25-3)15-21-24-19(10-7-5-2)22-23-20(24)27/h11-12,14-15H,4-10,13H2,1-3H3,(H,23,27)/b21-15+. The smallest absolute Gasteiger partial charge is 0.216 e. The van der Waals surface area contributed by atoms with Crippen LogP contribution in [0.5, 0.6) is 11.5 Å². The molecule has 0 aliphatic heterocycles. The lowest BCUT2D eigenvalue weighted by Crippen LogP contribution is -2.01. The van der Waals surface area contributed by atoms with Crippen molar-refractivity contribution >= 4 is 18.4 Å². The van der Waals surface area contributed by atoms with E-state index in [1.165, 1.54) is 19.3 Å². The van der Waals surface area contributed by atoms with Crippen molar-refractivity contribution in [3.8, 4) is 11.5 Å². The Kier molecular flexibility index (Phi) is 9.04. The number of nitrogens with one attached hydrogen (secondary N) is 1. The van der Waals surface area contributed by atoms with Crippen molar-refractivity contribution in [1.82, 2.24) is 14.9 Å². The highest BCUT2D eigenvalue weighted by molar-refractivity contribution is 7.71. The molecule has 0 aliphatic carbocycles. The van der Waals surface area contributed by atoms with Crippen LogP contribution in [0.1, 0.15) is 63.8 Å². The second-order valence-corrected chi connectivity index (χ2v) is 6.81. The van der Waals surface area contributed by atoms with Gasteiger partial charge in [-0.2, -0.15) is 14.9 Å². The summed E-state index contributed by atoms with van der Waals surface area (Å²) in [5, 5.41) is 11.6. The Labute approximate surface area is 166 Å². The van der Waals surface area contributed by atoms with Crippen LogP contribution < -0.4 is 9.47 Å². The number of hydrogen-bond donors (Lipinski definition) is 1. The number of rotatable bonds is 12. The van der Waals surface area contributed by atoms with Crippen LogP contribution in [0.2, 0.25) is 0 Å². The molecule has 0 saturated heterocycles. The number of aromatic amines is 1. The van der Waals surface area contributed by atoms with Crippen LogP contribution in [0.4, 0.5) is 0 Å². The molecule has 0 saturated carbocycles. The fourth-order valence-corrected chi connectivity index (χ4v) is 2.86. The number of benzene rings is 1. The average molecular weight is 391 g/mol. The summed E-state index contributed by atoms with van der Waals surface area (Å²) in [7, 11) is 1.65. The first-order chi connectivity index (χ1) is 13.2. The molecule has 148 valence electrons. The minimum absolute atomic E-state index is 0.497. The number of ether oxygens (including phenoxy) is 2. The Hall–Kier alpha value is -2.15. The summed E-state index contributed by atoms with van der Waals surface area (Å²) in [6, 6.07) is 5.80. The van der Waals surface area contributed by atoms with Gasteiger partial charge in [0.1, 0.15) is 0 Å². The van der Waals surface area contributed by atoms with Gasteiger partial charge < -0.3 is 9.47 Å². The monoisotopic (exact) mass is 390 g/mol. The normalized spacial score (nSPS) is 11.2. The highest BCUT2D eigenvalue weighted by atomic mass is 32.1. The van der Waals surface area contributed by atoms with Crippen LogP contribution in [-0.4, -0.2) is 34.8 Å². The lowest BCUT2D eigenvalue weighted by molar-refractivity contribution is 0.285. The largest absolute Gasteiger partial charge is 0.493 e. The summed E-state index contributed by atoms with van der Waals surface area (Å²) >= 11 is 5.27. The summed E-state index contributed by atoms with van der Waals surface area (Å²) in [6.07, 6.45) is 9.46. The van der Waals surface area contributed by atoms with Crippen molar-refractivity contribution in [3.63, 3.8) is 0 Å². The van der Waals surface area contributed by atoms with Gasteiger partial charge in [0.25, 0.3) is 0 Å². The zero-order valence-electron chi connectivity index (χ0n) is 16.5. The van der Waals surface area contributed by atoms with E-state index in [1.807, 2.05) is 18.2 Å². The molecule has 0 fully saturated rings. The Morgan fingerprint density at radius 1 is 1.15 bits per heavy atom. The molecule has 0 radical (unpaired) electrons. The van der Waals surface area contributed by atoms with Crippen molar-refractivity contribution in [1.29, 1.82) is 0 Å². The van der Waals surface area contributed by atoms with Crippen molar-refractivity contribution in [3.05, 3.63) is 34.4 Å². The van der Waals surface area contributed by atoms with Gasteiger partial charge in [0.2, 0.25) is 4.77 Å². The highest BCUT2D eigenvalue weighted by Crippen LogP contribution is 2.27.